The molecule has 0 saturated heterocycles. The van der Waals surface area contributed by atoms with Gasteiger partial charge in [-0.3, -0.25) is 9.59 Å². The molecule has 1 aliphatic carbocycles. The lowest BCUT2D eigenvalue weighted by atomic mass is 9.61. The van der Waals surface area contributed by atoms with E-state index in [1.165, 1.54) is 0 Å². The predicted molar refractivity (Wildman–Crippen MR) is 76.7 cm³/mol. The maximum Gasteiger partial charge on any atom is 0.243 e. The van der Waals surface area contributed by atoms with E-state index in [0.29, 0.717) is 12.5 Å². The average Bonchev–Trinajstić information content (AvgIpc) is 2.35. The topological polar surface area (TPSA) is 107 Å². The minimum absolute atomic E-state index is 0.0339. The van der Waals surface area contributed by atoms with Crippen LogP contribution in [-0.2, 0) is 14.3 Å². The fourth-order valence-corrected chi connectivity index (χ4v) is 2.86. The molecule has 0 aromatic heterocycles. The Hall–Kier alpha value is -1.14. The van der Waals surface area contributed by atoms with Crippen LogP contribution in [0.3, 0.4) is 0 Å². The fraction of sp³-hybridized carbons (Fsp3) is 0.857. The molecule has 1 fully saturated rings. The Kier molecular flexibility index (Phi) is 5.95. The third kappa shape index (κ3) is 4.18. The largest absolute Gasteiger partial charge is 0.370 e. The van der Waals surface area contributed by atoms with Gasteiger partial charge in [-0.2, -0.15) is 0 Å². The minimum Gasteiger partial charge on any atom is -0.370 e. The summed E-state index contributed by atoms with van der Waals surface area (Å²) < 4.78 is 5.01. The predicted octanol–water partition coefficient (Wildman–Crippen LogP) is 0.00410. The van der Waals surface area contributed by atoms with Crippen LogP contribution in [0.25, 0.3) is 0 Å². The molecule has 2 amide bonds. The van der Waals surface area contributed by atoms with Crippen molar-refractivity contribution in [2.24, 2.45) is 28.7 Å². The Morgan fingerprint density at radius 3 is 2.60 bits per heavy atom. The zero-order valence-corrected chi connectivity index (χ0v) is 12.6. The van der Waals surface area contributed by atoms with E-state index in [0.717, 1.165) is 12.8 Å². The van der Waals surface area contributed by atoms with Crippen LogP contribution < -0.4 is 16.8 Å². The molecule has 0 bridgehead atoms. The van der Waals surface area contributed by atoms with Crippen LogP contribution in [0.2, 0.25) is 0 Å². The molecule has 6 heteroatoms. The van der Waals surface area contributed by atoms with Gasteiger partial charge in [0.2, 0.25) is 11.8 Å². The molecular weight excluding hydrogens is 258 g/mol. The van der Waals surface area contributed by atoms with E-state index in [4.69, 9.17) is 16.2 Å². The first-order valence-electron chi connectivity index (χ1n) is 7.16. The molecule has 20 heavy (non-hydrogen) atoms. The molecule has 3 atom stereocenters. The van der Waals surface area contributed by atoms with Crippen molar-refractivity contribution in [3.05, 3.63) is 0 Å². The van der Waals surface area contributed by atoms with Gasteiger partial charge in [0.25, 0.3) is 0 Å². The summed E-state index contributed by atoms with van der Waals surface area (Å²) in [5.74, 6) is -0.199. The molecule has 0 spiro atoms. The van der Waals surface area contributed by atoms with Crippen molar-refractivity contribution in [3.63, 3.8) is 0 Å². The van der Waals surface area contributed by atoms with Crippen molar-refractivity contribution in [2.75, 3.05) is 19.8 Å². The Bertz CT molecular complexity index is 358. The molecular formula is C14H27N3O3. The van der Waals surface area contributed by atoms with Crippen LogP contribution in [0.4, 0.5) is 0 Å². The second-order valence-electron chi connectivity index (χ2n) is 6.21. The third-order valence-electron chi connectivity index (χ3n) is 4.61. The highest BCUT2D eigenvalue weighted by Gasteiger charge is 2.44. The molecule has 116 valence electrons. The zero-order chi connectivity index (χ0) is 15.3. The van der Waals surface area contributed by atoms with Crippen LogP contribution in [0.5, 0.6) is 0 Å². The first kappa shape index (κ1) is 16.9. The van der Waals surface area contributed by atoms with Crippen molar-refractivity contribution < 1.29 is 14.3 Å². The highest BCUT2D eigenvalue weighted by atomic mass is 16.5. The van der Waals surface area contributed by atoms with Crippen molar-refractivity contribution in [1.29, 1.82) is 0 Å². The van der Waals surface area contributed by atoms with Crippen LogP contribution in [-0.4, -0.2) is 37.6 Å². The van der Waals surface area contributed by atoms with Gasteiger partial charge in [0.1, 0.15) is 6.61 Å². The van der Waals surface area contributed by atoms with Gasteiger partial charge in [0.05, 0.1) is 6.61 Å². The molecule has 0 aliphatic heterocycles. The van der Waals surface area contributed by atoms with Crippen LogP contribution in [0.15, 0.2) is 0 Å². The first-order valence-corrected chi connectivity index (χ1v) is 7.16. The van der Waals surface area contributed by atoms with Gasteiger partial charge < -0.3 is 21.5 Å². The molecule has 1 aliphatic rings. The number of nitrogens with two attached hydrogens (primary N) is 2. The van der Waals surface area contributed by atoms with E-state index in [2.05, 4.69) is 26.1 Å². The number of ether oxygens (including phenoxy) is 1. The molecule has 5 N–H and O–H groups in total. The second kappa shape index (κ2) is 7.04. The van der Waals surface area contributed by atoms with Crippen molar-refractivity contribution in [2.45, 2.75) is 39.7 Å². The number of hydrogen-bond acceptors (Lipinski definition) is 4. The van der Waals surface area contributed by atoms with E-state index < -0.39 is 5.91 Å². The molecule has 0 radical (unpaired) electrons. The van der Waals surface area contributed by atoms with Crippen molar-refractivity contribution in [3.8, 4) is 0 Å². The Labute approximate surface area is 120 Å². The minimum atomic E-state index is -0.507. The summed E-state index contributed by atoms with van der Waals surface area (Å²) >= 11 is 0. The van der Waals surface area contributed by atoms with Gasteiger partial charge in [-0.05, 0) is 24.2 Å². The van der Waals surface area contributed by atoms with Gasteiger partial charge >= 0.3 is 0 Å². The maximum atomic E-state index is 12.3. The van der Waals surface area contributed by atoms with Crippen LogP contribution in [0.1, 0.15) is 33.6 Å². The molecule has 0 aromatic rings. The molecule has 1 saturated carbocycles. The van der Waals surface area contributed by atoms with Gasteiger partial charge in [0, 0.05) is 18.5 Å². The Morgan fingerprint density at radius 1 is 1.35 bits per heavy atom. The second-order valence-corrected chi connectivity index (χ2v) is 6.21. The smallest absolute Gasteiger partial charge is 0.243 e. The molecule has 3 unspecified atom stereocenters. The average molecular weight is 285 g/mol. The Morgan fingerprint density at radius 2 is 2.00 bits per heavy atom. The third-order valence-corrected chi connectivity index (χ3v) is 4.61. The summed E-state index contributed by atoms with van der Waals surface area (Å²) in [7, 11) is 0. The van der Waals surface area contributed by atoms with E-state index in [-0.39, 0.29) is 36.5 Å². The normalized spacial score (nSPS) is 28.9. The van der Waals surface area contributed by atoms with Crippen molar-refractivity contribution in [1.82, 2.24) is 5.32 Å². The molecule has 1 rings (SSSR count). The summed E-state index contributed by atoms with van der Waals surface area (Å²) in [6.45, 7) is 6.88. The summed E-state index contributed by atoms with van der Waals surface area (Å²) in [5, 5.41) is 2.86. The summed E-state index contributed by atoms with van der Waals surface area (Å²) in [6, 6.07) is 0.160. The number of amides is 2. The lowest BCUT2D eigenvalue weighted by Crippen LogP contribution is -2.51. The number of carbonyl (C=O) groups excluding carboxylic acids is 2. The number of nitrogens with one attached hydrogen (secondary N) is 1. The summed E-state index contributed by atoms with van der Waals surface area (Å²) in [5.41, 5.74) is 10.9. The van der Waals surface area contributed by atoms with E-state index in [9.17, 15) is 9.59 Å². The quantitative estimate of drug-likeness (QED) is 0.597. The SMILES string of the molecule is CC1C(N)CCC(C(=O)NCCOCC(N)=O)C1(C)C. The molecule has 0 aromatic carbocycles. The maximum absolute atomic E-state index is 12.3. The van der Waals surface area contributed by atoms with Crippen molar-refractivity contribution >= 4 is 11.8 Å². The monoisotopic (exact) mass is 285 g/mol. The molecule has 0 heterocycles. The lowest BCUT2D eigenvalue weighted by molar-refractivity contribution is -0.132. The fourth-order valence-electron chi connectivity index (χ4n) is 2.86. The lowest BCUT2D eigenvalue weighted by Gasteiger charge is -2.46. The van der Waals surface area contributed by atoms with Gasteiger partial charge in [-0.1, -0.05) is 20.8 Å². The Balaban J connectivity index is 2.41. The summed E-state index contributed by atoms with van der Waals surface area (Å²) in [4.78, 5) is 22.8. The number of hydrogen-bond donors (Lipinski definition) is 3. The first-order chi connectivity index (χ1) is 9.26. The summed E-state index contributed by atoms with van der Waals surface area (Å²) in [6.07, 6.45) is 1.69. The number of carbonyl (C=O) groups is 2. The van der Waals surface area contributed by atoms with E-state index >= 15 is 0 Å². The van der Waals surface area contributed by atoms with E-state index in [1.807, 2.05) is 0 Å². The zero-order valence-electron chi connectivity index (χ0n) is 12.6. The highest BCUT2D eigenvalue weighted by Crippen LogP contribution is 2.44. The molecule has 6 nitrogen and oxygen atoms in total. The van der Waals surface area contributed by atoms with Crippen LogP contribution in [0, 0.1) is 17.3 Å². The van der Waals surface area contributed by atoms with Gasteiger partial charge in [-0.25, -0.2) is 0 Å². The standard InChI is InChI=1S/C14H27N3O3/c1-9-11(15)5-4-10(14(9,2)3)13(19)17-6-7-20-8-12(16)18/h9-11H,4-8,15H2,1-3H3,(H2,16,18)(H,17,19). The highest BCUT2D eigenvalue weighted by molar-refractivity contribution is 5.79. The van der Waals surface area contributed by atoms with Gasteiger partial charge in [0.15, 0.2) is 0 Å². The van der Waals surface area contributed by atoms with E-state index in [1.54, 1.807) is 0 Å². The van der Waals surface area contributed by atoms with Crippen LogP contribution >= 0.6 is 0 Å². The number of primary amides is 1. The number of rotatable bonds is 6. The van der Waals surface area contributed by atoms with Gasteiger partial charge in [-0.15, -0.1) is 0 Å².